The van der Waals surface area contributed by atoms with Gasteiger partial charge in [-0.1, -0.05) is 6.92 Å². The van der Waals surface area contributed by atoms with Crippen LogP contribution < -0.4 is 5.73 Å². The minimum Gasteiger partial charge on any atom is -0.444 e. The van der Waals surface area contributed by atoms with Gasteiger partial charge in [0.2, 0.25) is 0 Å². The molecule has 0 aromatic rings. The minimum absolute atomic E-state index is 0.200. The number of likely N-dealkylation sites (tertiary alicyclic amines) is 1. The van der Waals surface area contributed by atoms with Crippen molar-refractivity contribution < 1.29 is 9.53 Å². The number of ether oxygens (including phenoxy) is 1. The minimum atomic E-state index is -0.418. The highest BCUT2D eigenvalue weighted by Crippen LogP contribution is 2.26. The molecular weight excluding hydrogens is 216 g/mol. The number of rotatable bonds is 1. The number of carbonyl (C=O) groups is 1. The molecule has 1 unspecified atom stereocenters. The molecule has 1 heterocycles. The second-order valence-electron chi connectivity index (χ2n) is 6.22. The Hall–Kier alpha value is -0.770. The van der Waals surface area contributed by atoms with Crippen molar-refractivity contribution in [2.45, 2.75) is 52.7 Å². The average molecular weight is 242 g/mol. The van der Waals surface area contributed by atoms with E-state index in [0.717, 1.165) is 19.5 Å². The zero-order chi connectivity index (χ0) is 13.2. The number of carbonyl (C=O) groups excluding carboxylic acids is 1. The highest BCUT2D eigenvalue weighted by Gasteiger charge is 2.32. The van der Waals surface area contributed by atoms with E-state index in [4.69, 9.17) is 10.5 Å². The molecule has 0 aromatic carbocycles. The molecule has 4 nitrogen and oxygen atoms in total. The Morgan fingerprint density at radius 3 is 2.47 bits per heavy atom. The quantitative estimate of drug-likeness (QED) is 0.767. The largest absolute Gasteiger partial charge is 0.444 e. The average Bonchev–Trinajstić information content (AvgIpc) is 2.14. The first-order chi connectivity index (χ1) is 7.70. The molecule has 0 aromatic heterocycles. The van der Waals surface area contributed by atoms with Gasteiger partial charge in [-0.25, -0.2) is 4.79 Å². The van der Waals surface area contributed by atoms with Gasteiger partial charge in [0.05, 0.1) is 0 Å². The number of hydrogen-bond donors (Lipinski definition) is 1. The van der Waals surface area contributed by atoms with E-state index in [9.17, 15) is 4.79 Å². The van der Waals surface area contributed by atoms with Gasteiger partial charge in [-0.3, -0.25) is 0 Å². The third-order valence-electron chi connectivity index (χ3n) is 3.30. The molecule has 0 bridgehead atoms. The molecule has 1 fully saturated rings. The molecule has 1 rings (SSSR count). The van der Waals surface area contributed by atoms with Crippen molar-refractivity contribution in [2.24, 2.45) is 17.6 Å². The Labute approximate surface area is 104 Å². The predicted molar refractivity (Wildman–Crippen MR) is 68.7 cm³/mol. The van der Waals surface area contributed by atoms with Crippen molar-refractivity contribution in [1.82, 2.24) is 4.90 Å². The summed E-state index contributed by atoms with van der Waals surface area (Å²) in [6.07, 6.45) is 0.769. The van der Waals surface area contributed by atoms with Gasteiger partial charge >= 0.3 is 6.09 Å². The van der Waals surface area contributed by atoms with E-state index in [1.54, 1.807) is 4.90 Å². The maximum atomic E-state index is 11.9. The third kappa shape index (κ3) is 4.19. The van der Waals surface area contributed by atoms with E-state index in [1.165, 1.54) is 0 Å². The van der Waals surface area contributed by atoms with Crippen LogP contribution in [0.1, 0.15) is 41.0 Å². The fourth-order valence-electron chi connectivity index (χ4n) is 2.44. The first-order valence-electron chi connectivity index (χ1n) is 6.44. The van der Waals surface area contributed by atoms with Gasteiger partial charge in [0, 0.05) is 19.1 Å². The molecule has 0 spiro atoms. The lowest BCUT2D eigenvalue weighted by Crippen LogP contribution is -2.48. The molecule has 0 radical (unpaired) electrons. The Bertz CT molecular complexity index is 271. The predicted octanol–water partition coefficient (Wildman–Crippen LogP) is 2.23. The summed E-state index contributed by atoms with van der Waals surface area (Å²) in [4.78, 5) is 13.7. The summed E-state index contributed by atoms with van der Waals surface area (Å²) in [6.45, 7) is 11.4. The van der Waals surface area contributed by atoms with Crippen molar-refractivity contribution >= 4 is 6.09 Å². The smallest absolute Gasteiger partial charge is 0.410 e. The van der Waals surface area contributed by atoms with Gasteiger partial charge in [-0.15, -0.1) is 0 Å². The van der Waals surface area contributed by atoms with E-state index in [-0.39, 0.29) is 12.1 Å². The fraction of sp³-hybridized carbons (Fsp3) is 0.923. The van der Waals surface area contributed by atoms with Crippen molar-refractivity contribution in [2.75, 3.05) is 13.1 Å². The van der Waals surface area contributed by atoms with Crippen LogP contribution in [0, 0.1) is 11.8 Å². The van der Waals surface area contributed by atoms with Crippen molar-refractivity contribution in [3.8, 4) is 0 Å². The highest BCUT2D eigenvalue weighted by atomic mass is 16.6. The van der Waals surface area contributed by atoms with Crippen LogP contribution >= 0.6 is 0 Å². The van der Waals surface area contributed by atoms with E-state index in [1.807, 2.05) is 27.7 Å². The van der Waals surface area contributed by atoms with Crippen molar-refractivity contribution in [3.63, 3.8) is 0 Å². The molecule has 0 aliphatic carbocycles. The first-order valence-corrected chi connectivity index (χ1v) is 6.44. The second kappa shape index (κ2) is 5.25. The van der Waals surface area contributed by atoms with E-state index in [0.29, 0.717) is 11.8 Å². The number of nitrogens with two attached hydrogens (primary N) is 1. The van der Waals surface area contributed by atoms with E-state index < -0.39 is 5.60 Å². The molecule has 1 amide bonds. The van der Waals surface area contributed by atoms with Crippen molar-refractivity contribution in [1.29, 1.82) is 0 Å². The summed E-state index contributed by atoms with van der Waals surface area (Å²) in [6, 6.07) is 0.200. The summed E-state index contributed by atoms with van der Waals surface area (Å²) in [7, 11) is 0. The molecule has 1 aliphatic heterocycles. The second-order valence-corrected chi connectivity index (χ2v) is 6.22. The summed E-state index contributed by atoms with van der Waals surface area (Å²) in [5, 5.41) is 0. The lowest BCUT2D eigenvalue weighted by Gasteiger charge is -2.39. The van der Waals surface area contributed by atoms with E-state index >= 15 is 0 Å². The summed E-state index contributed by atoms with van der Waals surface area (Å²) < 4.78 is 5.38. The maximum absolute atomic E-state index is 11.9. The SMILES string of the molecule is CC(N)[C@@H]1CCN(C(=O)OC(C)(C)C)C[C@@H]1C. The van der Waals surface area contributed by atoms with Crippen molar-refractivity contribution in [3.05, 3.63) is 0 Å². The Morgan fingerprint density at radius 1 is 1.47 bits per heavy atom. The van der Waals surface area contributed by atoms with Crippen LogP contribution in [0.3, 0.4) is 0 Å². The normalized spacial score (nSPS) is 27.8. The van der Waals surface area contributed by atoms with Gasteiger partial charge in [0.25, 0.3) is 0 Å². The van der Waals surface area contributed by atoms with Gasteiger partial charge in [0.1, 0.15) is 5.60 Å². The fourth-order valence-corrected chi connectivity index (χ4v) is 2.44. The highest BCUT2D eigenvalue weighted by molar-refractivity contribution is 5.68. The first kappa shape index (κ1) is 14.3. The molecule has 0 saturated carbocycles. The van der Waals surface area contributed by atoms with Crippen LogP contribution in [0.15, 0.2) is 0 Å². The van der Waals surface area contributed by atoms with Crippen LogP contribution in [-0.4, -0.2) is 35.7 Å². The van der Waals surface area contributed by atoms with Gasteiger partial charge < -0.3 is 15.4 Å². The Kier molecular flexibility index (Phi) is 4.42. The molecule has 17 heavy (non-hydrogen) atoms. The standard InChI is InChI=1S/C13H26N2O2/c1-9-8-15(7-6-11(9)10(2)14)12(16)17-13(3,4)5/h9-11H,6-8,14H2,1-5H3/t9-,10?,11+/m0/s1. The van der Waals surface area contributed by atoms with Gasteiger partial charge in [0.15, 0.2) is 0 Å². The van der Waals surface area contributed by atoms with Crippen LogP contribution in [0.2, 0.25) is 0 Å². The Morgan fingerprint density at radius 2 is 2.06 bits per heavy atom. The summed E-state index contributed by atoms with van der Waals surface area (Å²) in [5.41, 5.74) is 5.53. The number of hydrogen-bond acceptors (Lipinski definition) is 3. The molecule has 100 valence electrons. The van der Waals surface area contributed by atoms with Gasteiger partial charge in [-0.05, 0) is 46.0 Å². The van der Waals surface area contributed by atoms with Crippen LogP contribution in [0.4, 0.5) is 4.79 Å². The summed E-state index contributed by atoms with van der Waals surface area (Å²) in [5.74, 6) is 0.949. The topological polar surface area (TPSA) is 55.6 Å². The van der Waals surface area contributed by atoms with Gasteiger partial charge in [-0.2, -0.15) is 0 Å². The van der Waals surface area contributed by atoms with Crippen LogP contribution in [0.25, 0.3) is 0 Å². The molecule has 4 heteroatoms. The third-order valence-corrected chi connectivity index (χ3v) is 3.30. The number of piperidine rings is 1. The van der Waals surface area contributed by atoms with E-state index in [2.05, 4.69) is 6.92 Å². The van der Waals surface area contributed by atoms with Crippen LogP contribution in [-0.2, 0) is 4.74 Å². The molecule has 1 aliphatic rings. The Balaban J connectivity index is 2.52. The maximum Gasteiger partial charge on any atom is 0.410 e. The lowest BCUT2D eigenvalue weighted by molar-refractivity contribution is 0.0102. The zero-order valence-electron chi connectivity index (χ0n) is 11.7. The zero-order valence-corrected chi connectivity index (χ0v) is 11.7. The molecular formula is C13H26N2O2. The molecule has 3 atom stereocenters. The molecule has 1 saturated heterocycles. The summed E-state index contributed by atoms with van der Waals surface area (Å²) >= 11 is 0. The number of nitrogens with zero attached hydrogens (tertiary/aromatic N) is 1. The van der Waals surface area contributed by atoms with Crippen LogP contribution in [0.5, 0.6) is 0 Å². The lowest BCUT2D eigenvalue weighted by atomic mass is 9.82. The monoisotopic (exact) mass is 242 g/mol. The number of amides is 1. The molecule has 2 N–H and O–H groups in total.